The number of nitrogens with zero attached hydrogens (tertiary/aromatic N) is 2. The summed E-state index contributed by atoms with van der Waals surface area (Å²) in [4.78, 5) is 16.4. The van der Waals surface area contributed by atoms with E-state index in [0.717, 1.165) is 31.5 Å². The average molecular weight is 370 g/mol. The first-order chi connectivity index (χ1) is 13.0. The van der Waals surface area contributed by atoms with Gasteiger partial charge in [0.2, 0.25) is 5.91 Å². The van der Waals surface area contributed by atoms with Crippen LogP contribution in [0, 0.1) is 11.7 Å². The van der Waals surface area contributed by atoms with Crippen molar-refractivity contribution in [2.45, 2.75) is 26.0 Å². The molecule has 0 radical (unpaired) electrons. The fraction of sp³-hybridized carbons (Fsp3) is 0.409. The fourth-order valence-corrected chi connectivity index (χ4v) is 3.72. The number of aliphatic hydroxyl groups excluding tert-OH is 1. The van der Waals surface area contributed by atoms with E-state index in [4.69, 9.17) is 0 Å². The Balaban J connectivity index is 1.49. The Morgan fingerprint density at radius 3 is 2.78 bits per heavy atom. The normalized spacial score (nSPS) is 16.9. The van der Waals surface area contributed by atoms with Crippen LogP contribution in [0.2, 0.25) is 0 Å². The van der Waals surface area contributed by atoms with E-state index in [1.165, 1.54) is 11.6 Å². The minimum Gasteiger partial charge on any atom is -0.392 e. The first kappa shape index (κ1) is 19.5. The number of carbonyl (C=O) groups excluding carboxylic acids is 1. The van der Waals surface area contributed by atoms with E-state index >= 15 is 0 Å². The minimum absolute atomic E-state index is 0.0530. The van der Waals surface area contributed by atoms with E-state index < -0.39 is 0 Å². The van der Waals surface area contributed by atoms with Gasteiger partial charge in [0, 0.05) is 25.2 Å². The maximum absolute atomic E-state index is 13.8. The monoisotopic (exact) mass is 370 g/mol. The van der Waals surface area contributed by atoms with E-state index in [1.54, 1.807) is 12.1 Å². The van der Waals surface area contributed by atoms with Crippen LogP contribution in [0.3, 0.4) is 0 Å². The molecule has 27 heavy (non-hydrogen) atoms. The number of halogens is 1. The lowest BCUT2D eigenvalue weighted by Gasteiger charge is -2.22. The lowest BCUT2D eigenvalue weighted by Crippen LogP contribution is -2.37. The molecular weight excluding hydrogens is 343 g/mol. The second-order valence-corrected chi connectivity index (χ2v) is 7.44. The molecule has 1 N–H and O–H groups in total. The molecule has 1 atom stereocenters. The largest absolute Gasteiger partial charge is 0.392 e. The first-order valence-corrected chi connectivity index (χ1v) is 9.43. The number of hydrogen-bond acceptors (Lipinski definition) is 3. The van der Waals surface area contributed by atoms with Gasteiger partial charge in [0.15, 0.2) is 0 Å². The molecule has 5 heteroatoms. The quantitative estimate of drug-likeness (QED) is 0.815. The van der Waals surface area contributed by atoms with Crippen molar-refractivity contribution < 1.29 is 14.3 Å². The molecule has 0 aromatic heterocycles. The third-order valence-electron chi connectivity index (χ3n) is 5.14. The van der Waals surface area contributed by atoms with Crippen LogP contribution in [0.25, 0.3) is 0 Å². The summed E-state index contributed by atoms with van der Waals surface area (Å²) in [5.74, 6) is 0.309. The Kier molecular flexibility index (Phi) is 6.58. The van der Waals surface area contributed by atoms with Crippen LogP contribution in [0.5, 0.6) is 0 Å². The average Bonchev–Trinajstić information content (AvgIpc) is 3.12. The van der Waals surface area contributed by atoms with Crippen molar-refractivity contribution in [3.63, 3.8) is 0 Å². The van der Waals surface area contributed by atoms with Crippen molar-refractivity contribution in [1.82, 2.24) is 9.80 Å². The van der Waals surface area contributed by atoms with Gasteiger partial charge in [-0.1, -0.05) is 42.5 Å². The molecule has 0 unspecified atom stereocenters. The number of benzene rings is 2. The van der Waals surface area contributed by atoms with E-state index in [1.807, 2.05) is 41.1 Å². The topological polar surface area (TPSA) is 43.8 Å². The molecule has 2 aromatic rings. The lowest BCUT2D eigenvalue weighted by molar-refractivity contribution is -0.131. The molecule has 1 fully saturated rings. The van der Waals surface area contributed by atoms with Crippen LogP contribution in [-0.2, 0) is 24.4 Å². The van der Waals surface area contributed by atoms with Gasteiger partial charge in [-0.2, -0.15) is 0 Å². The summed E-state index contributed by atoms with van der Waals surface area (Å²) in [6, 6.07) is 14.7. The van der Waals surface area contributed by atoms with E-state index in [2.05, 4.69) is 6.07 Å². The molecule has 4 nitrogen and oxygen atoms in total. The van der Waals surface area contributed by atoms with Crippen LogP contribution in [0.1, 0.15) is 23.1 Å². The summed E-state index contributed by atoms with van der Waals surface area (Å²) in [5, 5.41) is 9.26. The zero-order valence-corrected chi connectivity index (χ0v) is 15.8. The summed E-state index contributed by atoms with van der Waals surface area (Å²) >= 11 is 0. The molecule has 1 heterocycles. The molecular formula is C22H27FN2O2. The van der Waals surface area contributed by atoms with E-state index in [-0.39, 0.29) is 18.3 Å². The summed E-state index contributed by atoms with van der Waals surface area (Å²) in [6.07, 6.45) is 1.91. The predicted octanol–water partition coefficient (Wildman–Crippen LogP) is 2.84. The molecule has 0 aliphatic carbocycles. The molecule has 0 bridgehead atoms. The third-order valence-corrected chi connectivity index (χ3v) is 5.14. The maximum atomic E-state index is 13.8. The Bertz CT molecular complexity index is 780. The smallest absolute Gasteiger partial charge is 0.236 e. The summed E-state index contributed by atoms with van der Waals surface area (Å²) < 4.78 is 13.8. The SMILES string of the molecule is CN(CC(=O)N1CC[C@@H](Cc2cccc(CO)c2)C1)Cc1ccccc1F. The van der Waals surface area contributed by atoms with E-state index in [9.17, 15) is 14.3 Å². The highest BCUT2D eigenvalue weighted by molar-refractivity contribution is 5.78. The highest BCUT2D eigenvalue weighted by Gasteiger charge is 2.26. The zero-order chi connectivity index (χ0) is 19.2. The Labute approximate surface area is 160 Å². The van der Waals surface area contributed by atoms with Gasteiger partial charge in [-0.3, -0.25) is 9.69 Å². The van der Waals surface area contributed by atoms with Gasteiger partial charge in [0.25, 0.3) is 0 Å². The summed E-state index contributed by atoms with van der Waals surface area (Å²) in [7, 11) is 1.85. The first-order valence-electron chi connectivity index (χ1n) is 9.43. The van der Waals surface area contributed by atoms with Gasteiger partial charge in [-0.15, -0.1) is 0 Å². The second-order valence-electron chi connectivity index (χ2n) is 7.44. The summed E-state index contributed by atoms with van der Waals surface area (Å²) in [6.45, 7) is 2.30. The van der Waals surface area contributed by atoms with Crippen molar-refractivity contribution in [2.75, 3.05) is 26.7 Å². The Hall–Kier alpha value is -2.24. The van der Waals surface area contributed by atoms with Crippen LogP contribution in [0.4, 0.5) is 4.39 Å². The molecule has 3 rings (SSSR count). The van der Waals surface area contributed by atoms with Gasteiger partial charge in [-0.05, 0) is 43.0 Å². The Morgan fingerprint density at radius 2 is 2.00 bits per heavy atom. The number of likely N-dealkylation sites (N-methyl/N-ethyl adjacent to an activating group) is 1. The number of likely N-dealkylation sites (tertiary alicyclic amines) is 1. The number of carbonyl (C=O) groups is 1. The highest BCUT2D eigenvalue weighted by atomic mass is 19.1. The van der Waals surface area contributed by atoms with Gasteiger partial charge < -0.3 is 10.0 Å². The third kappa shape index (κ3) is 5.37. The van der Waals surface area contributed by atoms with Crippen LogP contribution >= 0.6 is 0 Å². The van der Waals surface area contributed by atoms with Crippen molar-refractivity contribution in [2.24, 2.45) is 5.92 Å². The Morgan fingerprint density at radius 1 is 1.22 bits per heavy atom. The zero-order valence-electron chi connectivity index (χ0n) is 15.8. The molecule has 1 amide bonds. The number of rotatable bonds is 7. The van der Waals surface area contributed by atoms with Crippen LogP contribution in [0.15, 0.2) is 48.5 Å². The summed E-state index contributed by atoms with van der Waals surface area (Å²) in [5.41, 5.74) is 2.74. The number of aliphatic hydroxyl groups is 1. The maximum Gasteiger partial charge on any atom is 0.236 e. The minimum atomic E-state index is -0.233. The van der Waals surface area contributed by atoms with Crippen molar-refractivity contribution in [3.05, 3.63) is 71.0 Å². The van der Waals surface area contributed by atoms with E-state index in [0.29, 0.717) is 24.6 Å². The van der Waals surface area contributed by atoms with Crippen molar-refractivity contribution >= 4 is 5.91 Å². The van der Waals surface area contributed by atoms with Gasteiger partial charge in [-0.25, -0.2) is 4.39 Å². The lowest BCUT2D eigenvalue weighted by atomic mass is 9.97. The van der Waals surface area contributed by atoms with Gasteiger partial charge >= 0.3 is 0 Å². The molecule has 144 valence electrons. The highest BCUT2D eigenvalue weighted by Crippen LogP contribution is 2.22. The van der Waals surface area contributed by atoms with Crippen LogP contribution < -0.4 is 0 Å². The van der Waals surface area contributed by atoms with Gasteiger partial charge in [0.05, 0.1) is 13.2 Å². The second kappa shape index (κ2) is 9.11. The molecule has 1 saturated heterocycles. The number of amides is 1. The van der Waals surface area contributed by atoms with Crippen molar-refractivity contribution in [3.8, 4) is 0 Å². The van der Waals surface area contributed by atoms with Crippen LogP contribution in [-0.4, -0.2) is 47.5 Å². The van der Waals surface area contributed by atoms with Crippen molar-refractivity contribution in [1.29, 1.82) is 0 Å². The molecule has 0 saturated carbocycles. The molecule has 1 aliphatic rings. The molecule has 0 spiro atoms. The molecule has 2 aromatic carbocycles. The number of hydrogen-bond donors (Lipinski definition) is 1. The predicted molar refractivity (Wildman–Crippen MR) is 103 cm³/mol. The fourth-order valence-electron chi connectivity index (χ4n) is 3.72. The molecule has 1 aliphatic heterocycles. The van der Waals surface area contributed by atoms with Gasteiger partial charge in [0.1, 0.15) is 5.82 Å². The standard InChI is InChI=1S/C22H27FN2O2/c1-24(14-20-7-2-3-8-21(20)23)15-22(27)25-10-9-18(13-25)11-17-5-4-6-19(12-17)16-26/h2-8,12,18,26H,9-11,13-16H2,1H3/t18-/m0/s1.